The number of aryl methyl sites for hydroxylation is 2. The van der Waals surface area contributed by atoms with Gasteiger partial charge in [-0.05, 0) is 55.3 Å². The minimum absolute atomic E-state index is 0.473. The van der Waals surface area contributed by atoms with Crippen LogP contribution in [0.15, 0.2) is 42.5 Å². The molecule has 0 aliphatic heterocycles. The molecule has 1 aromatic heterocycles. The summed E-state index contributed by atoms with van der Waals surface area (Å²) in [4.78, 5) is 16.6. The summed E-state index contributed by atoms with van der Waals surface area (Å²) < 4.78 is 5.26. The number of aromatic nitrogens is 1. The van der Waals surface area contributed by atoms with Gasteiger partial charge in [0.1, 0.15) is 5.75 Å². The Kier molecular flexibility index (Phi) is 4.05. The molecule has 0 saturated heterocycles. The number of ether oxygens (including phenoxy) is 1. The second-order valence-electron chi connectivity index (χ2n) is 5.54. The van der Waals surface area contributed by atoms with Crippen molar-refractivity contribution in [2.45, 2.75) is 13.8 Å². The third-order valence-electron chi connectivity index (χ3n) is 3.83. The number of methoxy groups -OCH3 is 1. The van der Waals surface area contributed by atoms with Gasteiger partial charge in [-0.25, -0.2) is 4.98 Å². The van der Waals surface area contributed by atoms with Gasteiger partial charge in [-0.3, -0.25) is 4.79 Å². The molecule has 0 aliphatic rings. The number of carbonyl (C=O) groups is 1. The number of benzene rings is 2. The average molecular weight is 326 g/mol. The molecule has 116 valence electrons. The van der Waals surface area contributed by atoms with Crippen molar-refractivity contribution in [1.82, 2.24) is 4.98 Å². The molecular weight excluding hydrogens is 310 g/mol. The third-order valence-corrected chi connectivity index (χ3v) is 4.03. The lowest BCUT2D eigenvalue weighted by Crippen LogP contribution is -1.98. The van der Waals surface area contributed by atoms with Gasteiger partial charge in [-0.1, -0.05) is 23.8 Å². The molecule has 0 amide bonds. The number of rotatable bonds is 3. The van der Waals surface area contributed by atoms with Gasteiger partial charge >= 0.3 is 0 Å². The Morgan fingerprint density at radius 3 is 2.61 bits per heavy atom. The van der Waals surface area contributed by atoms with Crippen LogP contribution in [0, 0.1) is 13.8 Å². The van der Waals surface area contributed by atoms with E-state index in [1.54, 1.807) is 13.2 Å². The summed E-state index contributed by atoms with van der Waals surface area (Å²) in [6.45, 7) is 3.98. The van der Waals surface area contributed by atoms with Gasteiger partial charge in [-0.2, -0.15) is 0 Å². The largest absolute Gasteiger partial charge is 0.497 e. The monoisotopic (exact) mass is 325 g/mol. The Balaban J connectivity index is 2.32. The van der Waals surface area contributed by atoms with Gasteiger partial charge < -0.3 is 4.74 Å². The molecular formula is C19H16ClNO2. The molecule has 3 nitrogen and oxygen atoms in total. The third kappa shape index (κ3) is 2.92. The molecule has 0 aliphatic carbocycles. The van der Waals surface area contributed by atoms with E-state index in [2.05, 4.69) is 0 Å². The zero-order chi connectivity index (χ0) is 16.6. The highest BCUT2D eigenvalue weighted by Crippen LogP contribution is 2.30. The second kappa shape index (κ2) is 6.01. The van der Waals surface area contributed by atoms with Gasteiger partial charge in [0, 0.05) is 16.5 Å². The molecule has 4 heteroatoms. The number of hydrogen-bond donors (Lipinski definition) is 0. The standard InChI is InChI=1S/C19H16ClNO2/c1-11-7-12(2)18-15(8-11)16(19(20)22)10-17(21-18)13-5-4-6-14(9-13)23-3/h4-10H,1-3H3. The van der Waals surface area contributed by atoms with Gasteiger partial charge in [0.2, 0.25) is 0 Å². The van der Waals surface area contributed by atoms with Crippen molar-refractivity contribution >= 4 is 27.7 Å². The highest BCUT2D eigenvalue weighted by molar-refractivity contribution is 6.68. The highest BCUT2D eigenvalue weighted by Gasteiger charge is 2.14. The molecule has 0 unspecified atom stereocenters. The molecule has 0 radical (unpaired) electrons. The van der Waals surface area contributed by atoms with E-state index in [4.69, 9.17) is 21.3 Å². The molecule has 0 bridgehead atoms. The van der Waals surface area contributed by atoms with Crippen LogP contribution < -0.4 is 4.74 Å². The molecule has 3 rings (SSSR count). The summed E-state index contributed by atoms with van der Waals surface area (Å²) in [6.07, 6.45) is 0. The van der Waals surface area contributed by atoms with Crippen LogP contribution in [0.2, 0.25) is 0 Å². The van der Waals surface area contributed by atoms with Crippen LogP contribution >= 0.6 is 11.6 Å². The molecule has 0 saturated carbocycles. The van der Waals surface area contributed by atoms with E-state index < -0.39 is 5.24 Å². The van der Waals surface area contributed by atoms with Crippen LogP contribution in [-0.2, 0) is 0 Å². The lowest BCUT2D eigenvalue weighted by Gasteiger charge is -2.11. The summed E-state index contributed by atoms with van der Waals surface area (Å²) in [5.41, 5.74) is 4.94. The summed E-state index contributed by atoms with van der Waals surface area (Å²) in [7, 11) is 1.62. The van der Waals surface area contributed by atoms with Gasteiger partial charge in [0.15, 0.2) is 0 Å². The molecule has 0 spiro atoms. The fourth-order valence-corrected chi connectivity index (χ4v) is 2.93. The van der Waals surface area contributed by atoms with Crippen LogP contribution in [0.3, 0.4) is 0 Å². The summed E-state index contributed by atoms with van der Waals surface area (Å²) in [6, 6.07) is 13.3. The number of nitrogens with zero attached hydrogens (tertiary/aromatic N) is 1. The SMILES string of the molecule is COc1cccc(-c2cc(C(=O)Cl)c3cc(C)cc(C)c3n2)c1. The fraction of sp³-hybridized carbons (Fsp3) is 0.158. The quantitative estimate of drug-likeness (QED) is 0.642. The van der Waals surface area contributed by atoms with Crippen LogP contribution in [0.1, 0.15) is 21.5 Å². The number of carbonyl (C=O) groups excluding carboxylic acids is 1. The maximum absolute atomic E-state index is 11.9. The summed E-state index contributed by atoms with van der Waals surface area (Å²) in [5, 5.41) is 0.306. The van der Waals surface area contributed by atoms with Crippen molar-refractivity contribution in [2.75, 3.05) is 7.11 Å². The first kappa shape index (κ1) is 15.5. The predicted molar refractivity (Wildman–Crippen MR) is 93.4 cm³/mol. The second-order valence-corrected chi connectivity index (χ2v) is 5.88. The summed E-state index contributed by atoms with van der Waals surface area (Å²) in [5.74, 6) is 0.740. The van der Waals surface area contributed by atoms with E-state index in [0.717, 1.165) is 33.3 Å². The molecule has 1 heterocycles. The van der Waals surface area contributed by atoms with Crippen molar-refractivity contribution in [3.8, 4) is 17.0 Å². The highest BCUT2D eigenvalue weighted by atomic mass is 35.5. The first-order chi connectivity index (χ1) is 11.0. The van der Waals surface area contributed by atoms with Gasteiger partial charge in [-0.15, -0.1) is 0 Å². The van der Waals surface area contributed by atoms with Crippen LogP contribution in [0.5, 0.6) is 5.75 Å². The lowest BCUT2D eigenvalue weighted by atomic mass is 10.0. The van der Waals surface area contributed by atoms with Crippen LogP contribution in [0.4, 0.5) is 0 Å². The van der Waals surface area contributed by atoms with Crippen molar-refractivity contribution < 1.29 is 9.53 Å². The topological polar surface area (TPSA) is 39.2 Å². The molecule has 3 aromatic rings. The number of fused-ring (bicyclic) bond motifs is 1. The fourth-order valence-electron chi connectivity index (χ4n) is 2.77. The molecule has 23 heavy (non-hydrogen) atoms. The molecule has 0 fully saturated rings. The minimum atomic E-state index is -0.480. The first-order valence-electron chi connectivity index (χ1n) is 7.26. The maximum Gasteiger partial charge on any atom is 0.253 e. The number of hydrogen-bond acceptors (Lipinski definition) is 3. The van der Waals surface area contributed by atoms with E-state index >= 15 is 0 Å². The van der Waals surface area contributed by atoms with E-state index in [1.807, 2.05) is 50.2 Å². The molecule has 0 N–H and O–H groups in total. The predicted octanol–water partition coefficient (Wildman–Crippen LogP) is 4.91. The first-order valence-corrected chi connectivity index (χ1v) is 7.63. The van der Waals surface area contributed by atoms with E-state index in [-0.39, 0.29) is 0 Å². The number of pyridine rings is 1. The average Bonchev–Trinajstić information content (AvgIpc) is 2.54. The van der Waals surface area contributed by atoms with Crippen LogP contribution in [-0.4, -0.2) is 17.3 Å². The van der Waals surface area contributed by atoms with E-state index in [1.165, 1.54) is 0 Å². The zero-order valence-electron chi connectivity index (χ0n) is 13.2. The van der Waals surface area contributed by atoms with Crippen molar-refractivity contribution in [3.63, 3.8) is 0 Å². The smallest absolute Gasteiger partial charge is 0.253 e. The van der Waals surface area contributed by atoms with Crippen molar-refractivity contribution in [1.29, 1.82) is 0 Å². The Hall–Kier alpha value is -2.39. The number of halogens is 1. The zero-order valence-corrected chi connectivity index (χ0v) is 13.9. The van der Waals surface area contributed by atoms with Crippen LogP contribution in [0.25, 0.3) is 22.2 Å². The Morgan fingerprint density at radius 2 is 1.91 bits per heavy atom. The Labute approximate surface area is 139 Å². The lowest BCUT2D eigenvalue weighted by molar-refractivity contribution is 0.108. The minimum Gasteiger partial charge on any atom is -0.497 e. The van der Waals surface area contributed by atoms with Gasteiger partial charge in [0.05, 0.1) is 18.3 Å². The van der Waals surface area contributed by atoms with Crippen molar-refractivity contribution in [3.05, 3.63) is 59.2 Å². The molecule has 2 aromatic carbocycles. The Bertz CT molecular complexity index is 919. The van der Waals surface area contributed by atoms with E-state index in [9.17, 15) is 4.79 Å². The molecule has 0 atom stereocenters. The van der Waals surface area contributed by atoms with Crippen molar-refractivity contribution in [2.24, 2.45) is 0 Å². The Morgan fingerprint density at radius 1 is 1.13 bits per heavy atom. The van der Waals surface area contributed by atoms with E-state index in [0.29, 0.717) is 11.3 Å². The van der Waals surface area contributed by atoms with Gasteiger partial charge in [0.25, 0.3) is 5.24 Å². The summed E-state index contributed by atoms with van der Waals surface area (Å²) >= 11 is 5.81. The maximum atomic E-state index is 11.9. The normalized spacial score (nSPS) is 10.8.